The molecule has 1 fully saturated rings. The third kappa shape index (κ3) is 4.44. The molecule has 0 radical (unpaired) electrons. The lowest BCUT2D eigenvalue weighted by atomic mass is 9.79. The quantitative estimate of drug-likeness (QED) is 0.515. The van der Waals surface area contributed by atoms with E-state index in [1.54, 1.807) is 12.1 Å². The lowest BCUT2D eigenvalue weighted by molar-refractivity contribution is 0.00578. The number of benzene rings is 2. The molecular formula is C27H29BN4O4. The molecule has 0 unspecified atom stereocenters. The van der Waals surface area contributed by atoms with Gasteiger partial charge in [-0.15, -0.1) is 0 Å². The zero-order chi connectivity index (χ0) is 25.7. The van der Waals surface area contributed by atoms with E-state index in [0.29, 0.717) is 36.4 Å². The molecule has 3 aromatic rings. The van der Waals surface area contributed by atoms with Crippen LogP contribution in [0.25, 0.3) is 0 Å². The molecule has 184 valence electrons. The fraction of sp³-hybridized carbons (Fsp3) is 0.370. The van der Waals surface area contributed by atoms with Crippen LogP contribution < -0.4 is 15.5 Å². The largest absolute Gasteiger partial charge is 0.494 e. The zero-order valence-electron chi connectivity index (χ0n) is 21.4. The van der Waals surface area contributed by atoms with Crippen LogP contribution in [-0.2, 0) is 27.3 Å². The molecular weight excluding hydrogens is 455 g/mol. The Morgan fingerprint density at radius 3 is 2.22 bits per heavy atom. The molecule has 0 amide bonds. The van der Waals surface area contributed by atoms with Crippen molar-refractivity contribution in [2.24, 2.45) is 0 Å². The topological polar surface area (TPSA) is 98.5 Å². The van der Waals surface area contributed by atoms with Crippen LogP contribution in [0.1, 0.15) is 55.6 Å². The number of rotatable bonds is 5. The second-order valence-electron chi connectivity index (χ2n) is 10.3. The van der Waals surface area contributed by atoms with E-state index in [1.807, 2.05) is 65.8 Å². The van der Waals surface area contributed by atoms with Crippen molar-refractivity contribution in [2.75, 3.05) is 5.32 Å². The molecule has 2 aliphatic heterocycles. The number of aromatic nitrogens is 2. The number of nitrogens with one attached hydrogen (secondary N) is 1. The van der Waals surface area contributed by atoms with Crippen molar-refractivity contribution < 1.29 is 18.8 Å². The predicted octanol–water partition coefficient (Wildman–Crippen LogP) is 4.83. The Hall–Kier alpha value is -3.45. The van der Waals surface area contributed by atoms with Gasteiger partial charge in [-0.05, 0) is 82.4 Å². The van der Waals surface area contributed by atoms with Crippen LogP contribution in [0.15, 0.2) is 36.4 Å². The number of ether oxygens (including phenoxy) is 2. The van der Waals surface area contributed by atoms with Crippen LogP contribution in [0.3, 0.4) is 0 Å². The van der Waals surface area contributed by atoms with Crippen LogP contribution in [0.4, 0.5) is 11.6 Å². The van der Waals surface area contributed by atoms with Gasteiger partial charge in [0.2, 0.25) is 11.8 Å². The minimum absolute atomic E-state index is 0.391. The number of aryl methyl sites for hydroxylation is 2. The van der Waals surface area contributed by atoms with Crippen molar-refractivity contribution in [1.82, 2.24) is 9.97 Å². The summed E-state index contributed by atoms with van der Waals surface area (Å²) in [5, 5.41) is 12.5. The zero-order valence-corrected chi connectivity index (χ0v) is 21.4. The van der Waals surface area contributed by atoms with Crippen LogP contribution in [0, 0.1) is 25.2 Å². The van der Waals surface area contributed by atoms with Gasteiger partial charge in [0, 0.05) is 5.69 Å². The van der Waals surface area contributed by atoms with E-state index < -0.39 is 18.3 Å². The van der Waals surface area contributed by atoms with Gasteiger partial charge in [0.05, 0.1) is 47.3 Å². The molecule has 0 atom stereocenters. The number of fused-ring (bicyclic) bond motifs is 1. The molecule has 0 bridgehead atoms. The Morgan fingerprint density at radius 1 is 0.972 bits per heavy atom. The van der Waals surface area contributed by atoms with Gasteiger partial charge in [0.25, 0.3) is 0 Å². The maximum Gasteiger partial charge on any atom is 0.494 e. The normalized spacial score (nSPS) is 17.5. The maximum absolute atomic E-state index is 9.24. The van der Waals surface area contributed by atoms with Crippen LogP contribution >= 0.6 is 0 Å². The molecule has 2 aliphatic rings. The number of anilines is 2. The minimum Gasteiger partial charge on any atom is -0.438 e. The molecule has 8 nitrogen and oxygen atoms in total. The van der Waals surface area contributed by atoms with E-state index >= 15 is 0 Å². The Morgan fingerprint density at radius 2 is 1.61 bits per heavy atom. The molecule has 0 saturated carbocycles. The lowest BCUT2D eigenvalue weighted by Gasteiger charge is -2.32. The molecule has 9 heteroatoms. The fourth-order valence-electron chi connectivity index (χ4n) is 4.27. The third-order valence-corrected chi connectivity index (χ3v) is 7.02. The van der Waals surface area contributed by atoms with Crippen LogP contribution in [0.5, 0.6) is 11.6 Å². The molecule has 0 spiro atoms. The Kier molecular flexibility index (Phi) is 5.99. The van der Waals surface area contributed by atoms with E-state index in [9.17, 15) is 5.26 Å². The Balaban J connectivity index is 1.38. The molecule has 1 aromatic heterocycles. The first-order valence-corrected chi connectivity index (χ1v) is 12.0. The van der Waals surface area contributed by atoms with Gasteiger partial charge in [0.15, 0.2) is 0 Å². The predicted molar refractivity (Wildman–Crippen MR) is 137 cm³/mol. The smallest absolute Gasteiger partial charge is 0.438 e. The van der Waals surface area contributed by atoms with Crippen molar-refractivity contribution in [3.8, 4) is 17.7 Å². The second kappa shape index (κ2) is 8.89. The Labute approximate surface area is 211 Å². The van der Waals surface area contributed by atoms with Crippen LogP contribution in [-0.4, -0.2) is 28.3 Å². The highest BCUT2D eigenvalue weighted by molar-refractivity contribution is 6.62. The van der Waals surface area contributed by atoms with E-state index in [-0.39, 0.29) is 0 Å². The summed E-state index contributed by atoms with van der Waals surface area (Å²) in [6.07, 6.45) is 0. The third-order valence-electron chi connectivity index (χ3n) is 7.02. The SMILES string of the molecule is Cc1cc(C#N)cc(C)c1Oc1nc(Nc2ccc(B3OC(C)(C)C(C)(C)O3)cc2)nc2c1COC2. The summed E-state index contributed by atoms with van der Waals surface area (Å²) < 4.78 is 24.2. The molecule has 3 heterocycles. The fourth-order valence-corrected chi connectivity index (χ4v) is 4.27. The molecule has 36 heavy (non-hydrogen) atoms. The maximum atomic E-state index is 9.24. The van der Waals surface area contributed by atoms with Crippen molar-refractivity contribution in [3.05, 3.63) is 64.3 Å². The molecule has 1 N–H and O–H groups in total. The highest BCUT2D eigenvalue weighted by Crippen LogP contribution is 2.37. The van der Waals surface area contributed by atoms with E-state index in [4.69, 9.17) is 18.8 Å². The number of nitriles is 1. The highest BCUT2D eigenvalue weighted by atomic mass is 16.7. The first-order chi connectivity index (χ1) is 17.1. The number of nitrogens with zero attached hydrogens (tertiary/aromatic N) is 3. The summed E-state index contributed by atoms with van der Waals surface area (Å²) in [6, 6.07) is 13.6. The van der Waals surface area contributed by atoms with Gasteiger partial charge in [-0.1, -0.05) is 12.1 Å². The summed E-state index contributed by atoms with van der Waals surface area (Å²) >= 11 is 0. The molecule has 5 rings (SSSR count). The summed E-state index contributed by atoms with van der Waals surface area (Å²) in [7, 11) is -0.420. The lowest BCUT2D eigenvalue weighted by Crippen LogP contribution is -2.41. The summed E-state index contributed by atoms with van der Waals surface area (Å²) in [4.78, 5) is 9.30. The van der Waals surface area contributed by atoms with Gasteiger partial charge < -0.3 is 24.1 Å². The summed E-state index contributed by atoms with van der Waals surface area (Å²) in [6.45, 7) is 12.8. The first kappa shape index (κ1) is 24.3. The summed E-state index contributed by atoms with van der Waals surface area (Å²) in [5.74, 6) is 1.55. The highest BCUT2D eigenvalue weighted by Gasteiger charge is 2.51. The molecule has 0 aliphatic carbocycles. The Bertz CT molecular complexity index is 1330. The monoisotopic (exact) mass is 484 g/mol. The van der Waals surface area contributed by atoms with E-state index in [2.05, 4.69) is 21.4 Å². The molecule has 1 saturated heterocycles. The molecule has 2 aromatic carbocycles. The standard InChI is InChI=1S/C27H29BN4O4/c1-16-11-18(13-29)12-17(2)23(16)34-24-21-14-33-15-22(21)31-25(32-24)30-20-9-7-19(8-10-20)28-35-26(3,4)27(5,6)36-28/h7-12H,14-15H2,1-6H3,(H,30,31,32). The van der Waals surface area contributed by atoms with Crippen molar-refractivity contribution in [1.29, 1.82) is 5.26 Å². The average molecular weight is 484 g/mol. The number of hydrogen-bond donors (Lipinski definition) is 1. The van der Waals surface area contributed by atoms with E-state index in [0.717, 1.165) is 33.5 Å². The van der Waals surface area contributed by atoms with Gasteiger partial charge in [0.1, 0.15) is 5.75 Å². The van der Waals surface area contributed by atoms with Crippen molar-refractivity contribution >= 4 is 24.2 Å². The van der Waals surface area contributed by atoms with Crippen molar-refractivity contribution in [3.63, 3.8) is 0 Å². The second-order valence-corrected chi connectivity index (χ2v) is 10.3. The van der Waals surface area contributed by atoms with E-state index in [1.165, 1.54) is 0 Å². The van der Waals surface area contributed by atoms with Gasteiger partial charge in [-0.3, -0.25) is 0 Å². The number of hydrogen-bond acceptors (Lipinski definition) is 8. The van der Waals surface area contributed by atoms with Gasteiger partial charge in [-0.25, -0.2) is 4.98 Å². The van der Waals surface area contributed by atoms with Crippen molar-refractivity contribution in [2.45, 2.75) is 66.0 Å². The van der Waals surface area contributed by atoms with Gasteiger partial charge in [-0.2, -0.15) is 10.2 Å². The van der Waals surface area contributed by atoms with Gasteiger partial charge >= 0.3 is 7.12 Å². The van der Waals surface area contributed by atoms with Crippen LogP contribution in [0.2, 0.25) is 0 Å². The minimum atomic E-state index is -0.420. The average Bonchev–Trinajstić information content (AvgIpc) is 3.37. The summed E-state index contributed by atoms with van der Waals surface area (Å²) in [5.41, 5.74) is 4.94. The first-order valence-electron chi connectivity index (χ1n) is 12.0.